The minimum absolute atomic E-state index is 0.0152. The normalized spacial score (nSPS) is 18.5. The van der Waals surface area contributed by atoms with Crippen molar-refractivity contribution in [3.8, 4) is 0 Å². The number of hydrogen-bond acceptors (Lipinski definition) is 2. The van der Waals surface area contributed by atoms with Crippen LogP contribution in [0, 0.1) is 11.3 Å². The molecule has 1 heterocycles. The van der Waals surface area contributed by atoms with E-state index in [9.17, 15) is 9.90 Å². The molecule has 134 valence electrons. The van der Waals surface area contributed by atoms with Gasteiger partial charge < -0.3 is 15.3 Å². The molecule has 1 fully saturated rings. The molecule has 24 heavy (non-hydrogen) atoms. The van der Waals surface area contributed by atoms with Crippen LogP contribution >= 0.6 is 0 Å². The van der Waals surface area contributed by atoms with E-state index in [4.69, 9.17) is 0 Å². The van der Waals surface area contributed by atoms with Crippen molar-refractivity contribution in [1.82, 2.24) is 10.2 Å². The Morgan fingerprint density at radius 3 is 2.38 bits per heavy atom. The third kappa shape index (κ3) is 4.50. The van der Waals surface area contributed by atoms with Gasteiger partial charge in [-0.05, 0) is 36.2 Å². The highest BCUT2D eigenvalue weighted by Crippen LogP contribution is 2.34. The van der Waals surface area contributed by atoms with Crippen molar-refractivity contribution < 1.29 is 9.90 Å². The average Bonchev–Trinajstić information content (AvgIpc) is 2.62. The maximum Gasteiger partial charge on any atom is 0.317 e. The Morgan fingerprint density at radius 1 is 1.25 bits per heavy atom. The number of amides is 2. The molecule has 2 N–H and O–H groups in total. The van der Waals surface area contributed by atoms with Gasteiger partial charge in [-0.15, -0.1) is 0 Å². The van der Waals surface area contributed by atoms with Gasteiger partial charge >= 0.3 is 6.03 Å². The summed E-state index contributed by atoms with van der Waals surface area (Å²) in [6.07, 6.45) is 2.75. The molecule has 1 atom stereocenters. The van der Waals surface area contributed by atoms with Gasteiger partial charge in [-0.2, -0.15) is 0 Å². The smallest absolute Gasteiger partial charge is 0.317 e. The molecule has 0 saturated carbocycles. The minimum Gasteiger partial charge on any atom is -0.396 e. The van der Waals surface area contributed by atoms with Gasteiger partial charge in [0.1, 0.15) is 0 Å². The molecule has 0 aromatic heterocycles. The molecule has 0 spiro atoms. The summed E-state index contributed by atoms with van der Waals surface area (Å²) in [5.74, 6) is 0.795. The highest BCUT2D eigenvalue weighted by atomic mass is 16.3. The lowest BCUT2D eigenvalue weighted by Crippen LogP contribution is -2.49. The molecule has 1 aliphatic rings. The lowest BCUT2D eigenvalue weighted by Gasteiger charge is -2.40. The lowest BCUT2D eigenvalue weighted by atomic mass is 9.77. The SMILES string of the molecule is CCC1(CO)CCN(C(=O)NCC(c2ccccc2)C(C)C)CC1. The van der Waals surface area contributed by atoms with Crippen molar-refractivity contribution in [1.29, 1.82) is 0 Å². The van der Waals surface area contributed by atoms with Gasteiger partial charge in [-0.3, -0.25) is 0 Å². The third-order valence-electron chi connectivity index (χ3n) is 5.70. The number of nitrogens with zero attached hydrogens (tertiary/aromatic N) is 1. The molecule has 1 saturated heterocycles. The van der Waals surface area contributed by atoms with Crippen LogP contribution in [0.25, 0.3) is 0 Å². The highest BCUT2D eigenvalue weighted by molar-refractivity contribution is 5.74. The van der Waals surface area contributed by atoms with Crippen LogP contribution in [-0.4, -0.2) is 42.3 Å². The zero-order valence-corrected chi connectivity index (χ0v) is 15.3. The largest absolute Gasteiger partial charge is 0.396 e. The second-order valence-electron chi connectivity index (χ2n) is 7.45. The number of carbonyl (C=O) groups excluding carboxylic acids is 1. The number of carbonyl (C=O) groups is 1. The van der Waals surface area contributed by atoms with Gasteiger partial charge in [0.25, 0.3) is 0 Å². The Kier molecular flexibility index (Phi) is 6.67. The maximum absolute atomic E-state index is 12.5. The zero-order valence-electron chi connectivity index (χ0n) is 15.3. The van der Waals surface area contributed by atoms with Crippen LogP contribution in [0.1, 0.15) is 51.5 Å². The Bertz CT molecular complexity index is 502. The summed E-state index contributed by atoms with van der Waals surface area (Å²) >= 11 is 0. The van der Waals surface area contributed by atoms with Gasteiger partial charge in [0.15, 0.2) is 0 Å². The molecule has 0 aliphatic carbocycles. The van der Waals surface area contributed by atoms with Crippen LogP contribution in [0.3, 0.4) is 0 Å². The quantitative estimate of drug-likeness (QED) is 0.836. The Hall–Kier alpha value is -1.55. The first kappa shape index (κ1) is 18.8. The first-order valence-electron chi connectivity index (χ1n) is 9.20. The zero-order chi connectivity index (χ0) is 17.6. The van der Waals surface area contributed by atoms with Crippen LogP contribution in [0.15, 0.2) is 30.3 Å². The molecule has 1 unspecified atom stereocenters. The second kappa shape index (κ2) is 8.52. The highest BCUT2D eigenvalue weighted by Gasteiger charge is 2.34. The van der Waals surface area contributed by atoms with Crippen molar-refractivity contribution >= 4 is 6.03 Å². The van der Waals surface area contributed by atoms with E-state index in [1.807, 2.05) is 11.0 Å². The van der Waals surface area contributed by atoms with Crippen molar-refractivity contribution in [2.45, 2.75) is 46.0 Å². The van der Waals surface area contributed by atoms with E-state index in [0.717, 1.165) is 32.4 Å². The van der Waals surface area contributed by atoms with Gasteiger partial charge in [-0.1, -0.05) is 51.1 Å². The van der Waals surface area contributed by atoms with Crippen LogP contribution in [0.5, 0.6) is 0 Å². The summed E-state index contributed by atoms with van der Waals surface area (Å²) in [6, 6.07) is 10.4. The van der Waals surface area contributed by atoms with E-state index >= 15 is 0 Å². The van der Waals surface area contributed by atoms with Crippen molar-refractivity contribution in [2.75, 3.05) is 26.2 Å². The molecule has 1 aromatic carbocycles. The van der Waals surface area contributed by atoms with Gasteiger partial charge in [-0.25, -0.2) is 4.79 Å². The molecular formula is C20H32N2O2. The monoisotopic (exact) mass is 332 g/mol. The van der Waals surface area contributed by atoms with E-state index in [-0.39, 0.29) is 18.1 Å². The van der Waals surface area contributed by atoms with E-state index in [2.05, 4.69) is 50.4 Å². The fraction of sp³-hybridized carbons (Fsp3) is 0.650. The molecule has 0 bridgehead atoms. The predicted octanol–water partition coefficient (Wildman–Crippen LogP) is 3.62. The molecule has 1 aromatic rings. The Balaban J connectivity index is 1.88. The molecule has 2 amide bonds. The second-order valence-corrected chi connectivity index (χ2v) is 7.45. The first-order chi connectivity index (χ1) is 11.5. The minimum atomic E-state index is 0.0152. The lowest BCUT2D eigenvalue weighted by molar-refractivity contribution is 0.0519. The molecule has 1 aliphatic heterocycles. The number of urea groups is 1. The number of piperidine rings is 1. The molecule has 0 radical (unpaired) electrons. The van der Waals surface area contributed by atoms with Crippen molar-refractivity contribution in [3.05, 3.63) is 35.9 Å². The van der Waals surface area contributed by atoms with Crippen molar-refractivity contribution in [2.24, 2.45) is 11.3 Å². The molecule has 2 rings (SSSR count). The van der Waals surface area contributed by atoms with Crippen LogP contribution in [0.4, 0.5) is 4.79 Å². The fourth-order valence-electron chi connectivity index (χ4n) is 3.56. The van der Waals surface area contributed by atoms with Gasteiger partial charge in [0, 0.05) is 32.2 Å². The topological polar surface area (TPSA) is 52.6 Å². The molecular weight excluding hydrogens is 300 g/mol. The summed E-state index contributed by atoms with van der Waals surface area (Å²) in [5, 5.41) is 12.7. The average molecular weight is 332 g/mol. The number of nitrogens with one attached hydrogen (secondary N) is 1. The van der Waals surface area contributed by atoms with Crippen LogP contribution in [0.2, 0.25) is 0 Å². The van der Waals surface area contributed by atoms with E-state index in [1.165, 1.54) is 5.56 Å². The number of benzene rings is 1. The summed E-state index contributed by atoms with van der Waals surface area (Å²) < 4.78 is 0. The number of likely N-dealkylation sites (tertiary alicyclic amines) is 1. The third-order valence-corrected chi connectivity index (χ3v) is 5.70. The van der Waals surface area contributed by atoms with E-state index in [0.29, 0.717) is 18.4 Å². The Labute approximate surface area is 146 Å². The Morgan fingerprint density at radius 2 is 1.88 bits per heavy atom. The predicted molar refractivity (Wildman–Crippen MR) is 98.0 cm³/mol. The van der Waals surface area contributed by atoms with Gasteiger partial charge in [0.2, 0.25) is 0 Å². The number of hydrogen-bond donors (Lipinski definition) is 2. The number of aliphatic hydroxyl groups excluding tert-OH is 1. The maximum atomic E-state index is 12.5. The standard InChI is InChI=1S/C20H32N2O2/c1-4-20(15-23)10-12-22(13-11-20)19(24)21-14-18(16(2)3)17-8-6-5-7-9-17/h5-9,16,18,23H,4,10-15H2,1-3H3,(H,21,24). The number of rotatable bonds is 6. The van der Waals surface area contributed by atoms with Gasteiger partial charge in [0.05, 0.1) is 0 Å². The summed E-state index contributed by atoms with van der Waals surface area (Å²) in [5.41, 5.74) is 1.29. The summed E-state index contributed by atoms with van der Waals surface area (Å²) in [6.45, 7) is 8.87. The molecule has 4 nitrogen and oxygen atoms in total. The fourth-order valence-corrected chi connectivity index (χ4v) is 3.56. The van der Waals surface area contributed by atoms with E-state index in [1.54, 1.807) is 0 Å². The number of aliphatic hydroxyl groups is 1. The van der Waals surface area contributed by atoms with Crippen LogP contribution in [-0.2, 0) is 0 Å². The van der Waals surface area contributed by atoms with Crippen molar-refractivity contribution in [3.63, 3.8) is 0 Å². The summed E-state index contributed by atoms with van der Waals surface area (Å²) in [7, 11) is 0. The van der Waals surface area contributed by atoms with Crippen LogP contribution < -0.4 is 5.32 Å². The van der Waals surface area contributed by atoms with E-state index < -0.39 is 0 Å². The molecule has 4 heteroatoms. The first-order valence-corrected chi connectivity index (χ1v) is 9.20. The summed E-state index contributed by atoms with van der Waals surface area (Å²) in [4.78, 5) is 14.4.